The Morgan fingerprint density at radius 1 is 0.787 bits per heavy atom. The summed E-state index contributed by atoms with van der Waals surface area (Å²) in [5, 5.41) is 2.81. The number of likely N-dealkylation sites (tertiary alicyclic amines) is 1. The monoisotopic (exact) mass is 659 g/mol. The fourth-order valence-corrected chi connectivity index (χ4v) is 6.27. The van der Waals surface area contributed by atoms with Crippen molar-refractivity contribution < 1.29 is 33.2 Å². The highest BCUT2D eigenvalue weighted by molar-refractivity contribution is 5.90. The Morgan fingerprint density at radius 3 is 1.83 bits per heavy atom. The maximum Gasteiger partial charge on any atom is 0.417 e. The molecule has 10 heteroatoms. The van der Waals surface area contributed by atoms with Gasteiger partial charge in [0, 0.05) is 32.5 Å². The molecule has 0 spiro atoms. The Hall–Kier alpha value is -3.17. The second-order valence-corrected chi connectivity index (χ2v) is 13.0. The third-order valence-corrected chi connectivity index (χ3v) is 9.10. The summed E-state index contributed by atoms with van der Waals surface area (Å²) in [5.74, 6) is -0.605. The number of imide groups is 1. The Labute approximate surface area is 283 Å². The number of ether oxygens (including phenoxy) is 2. The van der Waals surface area contributed by atoms with Crippen LogP contribution in [0.4, 0.5) is 9.59 Å². The molecule has 0 bridgehead atoms. The van der Waals surface area contributed by atoms with E-state index in [1.54, 1.807) is 4.90 Å². The van der Waals surface area contributed by atoms with E-state index in [0.717, 1.165) is 23.4 Å². The van der Waals surface area contributed by atoms with Gasteiger partial charge in [0.05, 0.1) is 12.1 Å². The number of alkyl carbamates (subject to hydrolysis) is 1. The molecule has 0 radical (unpaired) electrons. The highest BCUT2D eigenvalue weighted by Gasteiger charge is 2.42. The fraction of sp³-hybridized carbons (Fsp3) is 0.757. The number of carbonyl (C=O) groups excluding carboxylic acids is 4. The minimum atomic E-state index is -0.749. The van der Waals surface area contributed by atoms with Crippen LogP contribution in [-0.2, 0) is 32.2 Å². The summed E-state index contributed by atoms with van der Waals surface area (Å²) in [7, 11) is 0. The third-order valence-electron chi connectivity index (χ3n) is 9.10. The maximum absolute atomic E-state index is 12.8. The topological polar surface area (TPSA) is 109 Å². The fourth-order valence-electron chi connectivity index (χ4n) is 6.27. The van der Waals surface area contributed by atoms with Crippen LogP contribution in [0.15, 0.2) is 24.4 Å². The van der Waals surface area contributed by atoms with Crippen LogP contribution in [0.1, 0.15) is 143 Å². The molecule has 0 aromatic carbocycles. The number of aromatic nitrogens is 1. The van der Waals surface area contributed by atoms with Crippen LogP contribution in [0, 0.1) is 0 Å². The number of hydrogen-bond donors (Lipinski definition) is 1. The van der Waals surface area contributed by atoms with E-state index in [2.05, 4.69) is 12.2 Å². The van der Waals surface area contributed by atoms with Gasteiger partial charge < -0.3 is 19.7 Å². The predicted molar refractivity (Wildman–Crippen MR) is 183 cm³/mol. The second kappa shape index (κ2) is 24.0. The zero-order valence-electron chi connectivity index (χ0n) is 29.8. The quantitative estimate of drug-likeness (QED) is 0.0912. The van der Waals surface area contributed by atoms with Crippen molar-refractivity contribution in [3.63, 3.8) is 0 Å². The van der Waals surface area contributed by atoms with Crippen molar-refractivity contribution in [2.45, 2.75) is 162 Å². The van der Waals surface area contributed by atoms with E-state index in [9.17, 15) is 19.2 Å². The van der Waals surface area contributed by atoms with Gasteiger partial charge in [0.25, 0.3) is 0 Å². The van der Waals surface area contributed by atoms with Crippen LogP contribution in [0.3, 0.4) is 0 Å². The lowest BCUT2D eigenvalue weighted by Gasteiger charge is -2.47. The number of unbranched alkanes of at least 4 members (excludes halogenated alkanes) is 15. The van der Waals surface area contributed by atoms with E-state index in [4.69, 9.17) is 9.47 Å². The molecule has 1 N–H and O–H groups in total. The van der Waals surface area contributed by atoms with Crippen LogP contribution in [0.25, 0.3) is 0 Å². The van der Waals surface area contributed by atoms with Gasteiger partial charge in [0.2, 0.25) is 17.5 Å². The van der Waals surface area contributed by atoms with E-state index in [1.807, 2.05) is 35.9 Å². The van der Waals surface area contributed by atoms with Crippen molar-refractivity contribution >= 4 is 24.0 Å². The smallest absolute Gasteiger partial charge is 0.417 e. The van der Waals surface area contributed by atoms with Crippen molar-refractivity contribution in [3.05, 3.63) is 30.1 Å². The van der Waals surface area contributed by atoms with Gasteiger partial charge in [-0.3, -0.25) is 9.59 Å². The maximum atomic E-state index is 12.8. The molecule has 10 nitrogen and oxygen atoms in total. The van der Waals surface area contributed by atoms with Gasteiger partial charge in [0.1, 0.15) is 26.3 Å². The van der Waals surface area contributed by atoms with Crippen LogP contribution in [0.5, 0.6) is 0 Å². The molecular formula is C37H63N4O6+. The summed E-state index contributed by atoms with van der Waals surface area (Å²) in [4.78, 5) is 52.2. The highest BCUT2D eigenvalue weighted by atomic mass is 16.6. The first-order chi connectivity index (χ1) is 22.8. The van der Waals surface area contributed by atoms with Crippen molar-refractivity contribution in [3.8, 4) is 0 Å². The van der Waals surface area contributed by atoms with Crippen LogP contribution in [0.2, 0.25) is 0 Å². The molecule has 1 fully saturated rings. The molecule has 1 aliphatic rings. The van der Waals surface area contributed by atoms with Gasteiger partial charge in [0.15, 0.2) is 6.20 Å². The number of carbonyl (C=O) groups is 4. The van der Waals surface area contributed by atoms with E-state index in [0.29, 0.717) is 19.5 Å². The van der Waals surface area contributed by atoms with Crippen molar-refractivity contribution in [2.24, 2.45) is 0 Å². The summed E-state index contributed by atoms with van der Waals surface area (Å²) in [5.41, 5.74) is 0.807. The van der Waals surface area contributed by atoms with E-state index in [-0.39, 0.29) is 37.7 Å². The second-order valence-electron chi connectivity index (χ2n) is 13.0. The van der Waals surface area contributed by atoms with E-state index < -0.39 is 18.1 Å². The molecule has 2 rings (SSSR count). The number of nitrogens with zero attached hydrogens (tertiary/aromatic N) is 3. The van der Waals surface area contributed by atoms with Crippen LogP contribution >= 0.6 is 0 Å². The van der Waals surface area contributed by atoms with Gasteiger partial charge in [-0.1, -0.05) is 109 Å². The van der Waals surface area contributed by atoms with Crippen LogP contribution < -0.4 is 9.88 Å². The minimum absolute atomic E-state index is 0.0350. The lowest BCUT2D eigenvalue weighted by Crippen LogP contribution is -2.62. The lowest BCUT2D eigenvalue weighted by molar-refractivity contribution is -0.701. The normalized spacial score (nSPS) is 15.5. The molecule has 266 valence electrons. The van der Waals surface area contributed by atoms with Gasteiger partial charge in [-0.05, 0) is 19.8 Å². The Bertz CT molecular complexity index is 1070. The molecule has 1 saturated heterocycles. The molecular weight excluding hydrogens is 596 g/mol. The first-order valence-corrected chi connectivity index (χ1v) is 18.4. The van der Waals surface area contributed by atoms with E-state index in [1.165, 1.54) is 104 Å². The van der Waals surface area contributed by atoms with Crippen molar-refractivity contribution in [1.82, 2.24) is 15.1 Å². The number of hydrogen-bond acceptors (Lipinski definition) is 6. The number of nitrogens with one attached hydrogen (secondary N) is 1. The molecule has 0 aliphatic carbocycles. The average molecular weight is 660 g/mol. The first kappa shape index (κ1) is 40.0. The largest absolute Gasteiger partial charge is 0.447 e. The summed E-state index contributed by atoms with van der Waals surface area (Å²) in [6.07, 6.45) is 22.1. The molecule has 2 unspecified atom stereocenters. The molecule has 47 heavy (non-hydrogen) atoms. The Balaban J connectivity index is 1.52. The van der Waals surface area contributed by atoms with Crippen molar-refractivity contribution in [2.75, 3.05) is 19.8 Å². The standard InChI is InChI=1S/C37H62N4O6/c1-5-7-8-9-10-11-12-13-14-15-16-17-18-19-20-22-25-38-36(44)46-29-34-27-35(41(34)32(4)43)30-47-37(45)40(31(3)42)28-33-24-21-23-26-39(33)6-2/h21,23-24,26,34-35H,5-20,22,25,27-30H2,1-4H3/p+1. The SMILES string of the molecule is CCCCCCCCCCCCCCCCCCNC(=O)OCC1CC(COC(=O)N(Cc2cccc[n+]2CC)C(C)=O)N1C(C)=O. The predicted octanol–water partition coefficient (Wildman–Crippen LogP) is 7.46. The number of pyridine rings is 1. The van der Waals surface area contributed by atoms with Crippen molar-refractivity contribution in [1.29, 1.82) is 0 Å². The molecule has 4 amide bonds. The summed E-state index contributed by atoms with van der Waals surface area (Å²) in [6.45, 7) is 8.44. The Morgan fingerprint density at radius 2 is 1.32 bits per heavy atom. The molecule has 0 saturated carbocycles. The highest BCUT2D eigenvalue weighted by Crippen LogP contribution is 2.27. The van der Waals surface area contributed by atoms with Gasteiger partial charge in [-0.2, -0.15) is 0 Å². The summed E-state index contributed by atoms with van der Waals surface area (Å²) in [6, 6.07) is 5.01. The average Bonchev–Trinajstić information content (AvgIpc) is 3.03. The zero-order chi connectivity index (χ0) is 34.3. The molecule has 1 aliphatic heterocycles. The molecule has 1 aromatic rings. The zero-order valence-corrected chi connectivity index (χ0v) is 29.8. The van der Waals surface area contributed by atoms with Gasteiger partial charge in [-0.25, -0.2) is 19.1 Å². The van der Waals surface area contributed by atoms with Gasteiger partial charge in [-0.15, -0.1) is 0 Å². The molecule has 2 atom stereocenters. The summed E-state index contributed by atoms with van der Waals surface area (Å²) >= 11 is 0. The summed E-state index contributed by atoms with van der Waals surface area (Å²) < 4.78 is 12.8. The Kier molecular flexibility index (Phi) is 20.5. The number of aryl methyl sites for hydroxylation is 1. The molecule has 2 heterocycles. The molecule has 1 aromatic heterocycles. The van der Waals surface area contributed by atoms with Crippen LogP contribution in [-0.4, -0.2) is 65.6 Å². The van der Waals surface area contributed by atoms with E-state index >= 15 is 0 Å². The number of rotatable bonds is 24. The minimum Gasteiger partial charge on any atom is -0.447 e. The van der Waals surface area contributed by atoms with Gasteiger partial charge >= 0.3 is 12.2 Å². The first-order valence-electron chi connectivity index (χ1n) is 18.4. The lowest BCUT2D eigenvalue weighted by atomic mass is 9.94. The third kappa shape index (κ3) is 16.0. The number of amides is 4.